The average Bonchev–Trinajstić information content (AvgIpc) is 2.98. The van der Waals surface area contributed by atoms with Crippen molar-refractivity contribution in [3.05, 3.63) is 36.0 Å². The fourth-order valence-corrected chi connectivity index (χ4v) is 2.91. The lowest BCUT2D eigenvalue weighted by Crippen LogP contribution is -2.24. The van der Waals surface area contributed by atoms with Gasteiger partial charge in [0.1, 0.15) is 0 Å². The van der Waals surface area contributed by atoms with Gasteiger partial charge < -0.3 is 15.2 Å². The van der Waals surface area contributed by atoms with E-state index in [1.165, 1.54) is 36.0 Å². The smallest absolute Gasteiger partial charge is 0.0457 e. The van der Waals surface area contributed by atoms with Crippen LogP contribution in [-0.2, 0) is 6.54 Å². The number of likely N-dealkylation sites (tertiary alicyclic amines) is 1. The first-order chi connectivity index (χ1) is 8.83. The Balaban J connectivity index is 1.58. The van der Waals surface area contributed by atoms with E-state index in [0.29, 0.717) is 0 Å². The zero-order chi connectivity index (χ0) is 12.4. The van der Waals surface area contributed by atoms with E-state index in [9.17, 15) is 0 Å². The first-order valence-corrected chi connectivity index (χ1v) is 6.77. The van der Waals surface area contributed by atoms with Crippen molar-refractivity contribution >= 4 is 10.9 Å². The summed E-state index contributed by atoms with van der Waals surface area (Å²) in [5, 5.41) is 4.95. The topological polar surface area (TPSA) is 31.1 Å². The molecule has 3 nitrogen and oxygen atoms in total. The van der Waals surface area contributed by atoms with Crippen LogP contribution in [0.4, 0.5) is 0 Å². The molecule has 1 fully saturated rings. The van der Waals surface area contributed by atoms with Crippen LogP contribution in [0.25, 0.3) is 10.9 Å². The summed E-state index contributed by atoms with van der Waals surface area (Å²) in [4.78, 5) is 5.68. The van der Waals surface area contributed by atoms with Gasteiger partial charge in [0.25, 0.3) is 0 Å². The summed E-state index contributed by atoms with van der Waals surface area (Å²) in [7, 11) is 2.21. The van der Waals surface area contributed by atoms with Crippen molar-refractivity contribution < 1.29 is 0 Å². The maximum Gasteiger partial charge on any atom is 0.0457 e. The zero-order valence-corrected chi connectivity index (χ0v) is 10.9. The van der Waals surface area contributed by atoms with E-state index >= 15 is 0 Å². The predicted octanol–water partition coefficient (Wildman–Crippen LogP) is 2.21. The number of hydrogen-bond donors (Lipinski definition) is 2. The standard InChI is InChI=1S/C15H21N3/c1-18-8-6-12(11-18)9-16-10-13-3-2-4-15-14(13)5-7-17-15/h2-5,7,12,16-17H,6,8-11H2,1H3. The Hall–Kier alpha value is -1.32. The van der Waals surface area contributed by atoms with Crippen molar-refractivity contribution in [2.45, 2.75) is 13.0 Å². The van der Waals surface area contributed by atoms with Crippen molar-refractivity contribution in [3.8, 4) is 0 Å². The summed E-state index contributed by atoms with van der Waals surface area (Å²) in [6.45, 7) is 4.58. The molecule has 0 bridgehead atoms. The summed E-state index contributed by atoms with van der Waals surface area (Å²) in [6, 6.07) is 8.63. The van der Waals surface area contributed by atoms with Gasteiger partial charge in [-0.1, -0.05) is 12.1 Å². The fourth-order valence-electron chi connectivity index (χ4n) is 2.91. The molecule has 1 saturated heterocycles. The lowest BCUT2D eigenvalue weighted by Gasteiger charge is -2.12. The van der Waals surface area contributed by atoms with Gasteiger partial charge >= 0.3 is 0 Å². The number of rotatable bonds is 4. The Bertz CT molecular complexity index is 517. The van der Waals surface area contributed by atoms with Crippen molar-refractivity contribution in [3.63, 3.8) is 0 Å². The van der Waals surface area contributed by atoms with Gasteiger partial charge in [-0.15, -0.1) is 0 Å². The number of hydrogen-bond acceptors (Lipinski definition) is 2. The summed E-state index contributed by atoms with van der Waals surface area (Å²) in [5.41, 5.74) is 2.62. The molecular weight excluding hydrogens is 222 g/mol. The molecule has 2 N–H and O–H groups in total. The Morgan fingerprint density at radius 1 is 1.39 bits per heavy atom. The lowest BCUT2D eigenvalue weighted by atomic mass is 10.1. The monoisotopic (exact) mass is 243 g/mol. The molecule has 0 saturated carbocycles. The normalized spacial score (nSPS) is 20.8. The van der Waals surface area contributed by atoms with Crippen LogP contribution >= 0.6 is 0 Å². The van der Waals surface area contributed by atoms with Gasteiger partial charge in [-0.05, 0) is 50.2 Å². The van der Waals surface area contributed by atoms with Crippen molar-refractivity contribution in [1.29, 1.82) is 0 Å². The number of H-pyrrole nitrogens is 1. The molecule has 3 rings (SSSR count). The van der Waals surface area contributed by atoms with Crippen LogP contribution in [0.3, 0.4) is 0 Å². The maximum absolute atomic E-state index is 3.61. The van der Waals surface area contributed by atoms with Crippen molar-refractivity contribution in [1.82, 2.24) is 15.2 Å². The average molecular weight is 243 g/mol. The highest BCUT2D eigenvalue weighted by Crippen LogP contribution is 2.18. The van der Waals surface area contributed by atoms with Crippen molar-refractivity contribution in [2.24, 2.45) is 5.92 Å². The molecule has 2 aromatic rings. The maximum atomic E-state index is 3.61. The minimum absolute atomic E-state index is 0.820. The van der Waals surface area contributed by atoms with E-state index < -0.39 is 0 Å². The van der Waals surface area contributed by atoms with Crippen LogP contribution in [0.15, 0.2) is 30.5 Å². The number of nitrogens with one attached hydrogen (secondary N) is 2. The quantitative estimate of drug-likeness (QED) is 0.862. The van der Waals surface area contributed by atoms with Crippen LogP contribution < -0.4 is 5.32 Å². The third kappa shape index (κ3) is 2.42. The molecule has 3 heteroatoms. The number of nitrogens with zero attached hydrogens (tertiary/aromatic N) is 1. The van der Waals surface area contributed by atoms with E-state index in [2.05, 4.69) is 46.5 Å². The van der Waals surface area contributed by atoms with E-state index in [0.717, 1.165) is 19.0 Å². The van der Waals surface area contributed by atoms with E-state index in [-0.39, 0.29) is 0 Å². The first kappa shape index (κ1) is 11.8. The summed E-state index contributed by atoms with van der Waals surface area (Å²) < 4.78 is 0. The van der Waals surface area contributed by atoms with Gasteiger partial charge in [-0.2, -0.15) is 0 Å². The van der Waals surface area contributed by atoms with Gasteiger partial charge in [0, 0.05) is 30.2 Å². The highest BCUT2D eigenvalue weighted by molar-refractivity contribution is 5.82. The minimum Gasteiger partial charge on any atom is -0.361 e. The van der Waals surface area contributed by atoms with Gasteiger partial charge in [0.15, 0.2) is 0 Å². The van der Waals surface area contributed by atoms with Gasteiger partial charge in [0.2, 0.25) is 0 Å². The minimum atomic E-state index is 0.820. The van der Waals surface area contributed by atoms with Crippen molar-refractivity contribution in [2.75, 3.05) is 26.7 Å². The van der Waals surface area contributed by atoms with Crippen LogP contribution in [-0.4, -0.2) is 36.6 Å². The first-order valence-electron chi connectivity index (χ1n) is 6.77. The number of aromatic nitrogens is 1. The van der Waals surface area contributed by atoms with E-state index in [1.807, 2.05) is 6.20 Å². The Morgan fingerprint density at radius 2 is 2.33 bits per heavy atom. The molecule has 1 aromatic heterocycles. The molecule has 0 spiro atoms. The molecule has 1 aliphatic rings. The van der Waals surface area contributed by atoms with Crippen LogP contribution in [0.2, 0.25) is 0 Å². The Kier molecular flexibility index (Phi) is 3.35. The second kappa shape index (κ2) is 5.12. The fraction of sp³-hybridized carbons (Fsp3) is 0.467. The molecule has 1 aliphatic heterocycles. The van der Waals surface area contributed by atoms with E-state index in [1.54, 1.807) is 0 Å². The molecule has 0 amide bonds. The highest BCUT2D eigenvalue weighted by Gasteiger charge is 2.18. The molecule has 1 unspecified atom stereocenters. The molecule has 96 valence electrons. The predicted molar refractivity (Wildman–Crippen MR) is 75.6 cm³/mol. The third-order valence-corrected chi connectivity index (χ3v) is 3.92. The highest BCUT2D eigenvalue weighted by atomic mass is 15.1. The summed E-state index contributed by atoms with van der Waals surface area (Å²) >= 11 is 0. The van der Waals surface area contributed by atoms with Crippen LogP contribution in [0.1, 0.15) is 12.0 Å². The Morgan fingerprint density at radius 3 is 3.17 bits per heavy atom. The largest absolute Gasteiger partial charge is 0.361 e. The molecular formula is C15H21N3. The molecule has 0 aliphatic carbocycles. The van der Waals surface area contributed by atoms with Gasteiger partial charge in [-0.3, -0.25) is 0 Å². The Labute approximate surface area is 108 Å². The van der Waals surface area contributed by atoms with Crippen LogP contribution in [0.5, 0.6) is 0 Å². The zero-order valence-electron chi connectivity index (χ0n) is 10.9. The molecule has 1 atom stereocenters. The van der Waals surface area contributed by atoms with Gasteiger partial charge in [-0.25, -0.2) is 0 Å². The van der Waals surface area contributed by atoms with E-state index in [4.69, 9.17) is 0 Å². The second-order valence-electron chi connectivity index (χ2n) is 5.40. The second-order valence-corrected chi connectivity index (χ2v) is 5.40. The van der Waals surface area contributed by atoms with Gasteiger partial charge in [0.05, 0.1) is 0 Å². The lowest BCUT2D eigenvalue weighted by molar-refractivity contribution is 0.388. The number of benzene rings is 1. The number of aromatic amines is 1. The number of fused-ring (bicyclic) bond motifs is 1. The summed E-state index contributed by atoms with van der Waals surface area (Å²) in [6.07, 6.45) is 3.35. The third-order valence-electron chi connectivity index (χ3n) is 3.92. The molecule has 2 heterocycles. The summed E-state index contributed by atoms with van der Waals surface area (Å²) in [5.74, 6) is 0.820. The molecule has 18 heavy (non-hydrogen) atoms. The van der Waals surface area contributed by atoms with Crippen LogP contribution in [0, 0.1) is 5.92 Å². The molecule has 1 aromatic carbocycles. The SMILES string of the molecule is CN1CCC(CNCc2cccc3[nH]ccc23)C1. The molecule has 0 radical (unpaired) electrons.